The van der Waals surface area contributed by atoms with Gasteiger partial charge in [0.05, 0.1) is 22.9 Å². The molecule has 126 valence electrons. The van der Waals surface area contributed by atoms with Gasteiger partial charge >= 0.3 is 0 Å². The summed E-state index contributed by atoms with van der Waals surface area (Å²) in [6.07, 6.45) is 0.745. The van der Waals surface area contributed by atoms with Crippen molar-refractivity contribution in [1.29, 1.82) is 0 Å². The molecule has 3 aromatic heterocycles. The molecule has 1 aliphatic rings. The second kappa shape index (κ2) is 5.76. The van der Waals surface area contributed by atoms with Gasteiger partial charge in [-0.05, 0) is 0 Å². The van der Waals surface area contributed by atoms with Crippen LogP contribution >= 0.6 is 11.3 Å². The van der Waals surface area contributed by atoms with Crippen LogP contribution in [0.2, 0.25) is 0 Å². The third-order valence-electron chi connectivity index (χ3n) is 4.14. The second-order valence-corrected chi connectivity index (χ2v) is 6.45. The molecule has 10 heteroatoms. The minimum absolute atomic E-state index is 0.308. The highest BCUT2D eigenvalue weighted by atomic mass is 32.1. The average molecular weight is 350 g/mol. The lowest BCUT2D eigenvalue weighted by atomic mass is 10.1. The summed E-state index contributed by atoms with van der Waals surface area (Å²) in [5, 5.41) is 32.9. The zero-order chi connectivity index (χ0) is 16.8. The number of nitrogen functional groups attached to an aromatic ring is 1. The Morgan fingerprint density at radius 2 is 2.17 bits per heavy atom. The zero-order valence-electron chi connectivity index (χ0n) is 12.4. The van der Waals surface area contributed by atoms with Crippen molar-refractivity contribution in [3.63, 3.8) is 0 Å². The van der Waals surface area contributed by atoms with E-state index < -0.39 is 31.1 Å². The molecule has 4 unspecified atom stereocenters. The maximum atomic E-state index is 10.3. The molecule has 1 saturated heterocycles. The second-order valence-electron chi connectivity index (χ2n) is 5.53. The van der Waals surface area contributed by atoms with Crippen molar-refractivity contribution in [2.24, 2.45) is 0 Å². The van der Waals surface area contributed by atoms with Crippen molar-refractivity contribution in [3.8, 4) is 10.6 Å². The third-order valence-corrected chi connectivity index (χ3v) is 4.99. The SMILES string of the molecule is Nc1ncnc2c1c(-c1[nH+]ccs1)cn2C1OC(CO)C(O)C1O. The van der Waals surface area contributed by atoms with E-state index in [-0.39, 0.29) is 0 Å². The number of aromatic nitrogens is 4. The van der Waals surface area contributed by atoms with Gasteiger partial charge in [-0.25, -0.2) is 15.0 Å². The number of anilines is 1. The molecule has 0 saturated carbocycles. The van der Waals surface area contributed by atoms with Gasteiger partial charge in [0.15, 0.2) is 12.4 Å². The van der Waals surface area contributed by atoms with Crippen LogP contribution in [0.4, 0.5) is 5.82 Å². The standard InChI is InChI=1S/C14H15N5O4S/c15-11-8-6(13-16-1-2-24-13)3-19(12(8)18-5-17-11)14-10(22)9(21)7(4-20)23-14/h1-3,5,7,9-10,14,20-22H,4H2,(H2,15,17,18)/p+1. The van der Waals surface area contributed by atoms with Crippen LogP contribution in [0.15, 0.2) is 24.1 Å². The fraction of sp³-hybridized carbons (Fsp3) is 0.357. The maximum Gasteiger partial charge on any atom is 0.269 e. The van der Waals surface area contributed by atoms with Gasteiger partial charge in [-0.3, -0.25) is 0 Å². The number of hydrogen-bond donors (Lipinski definition) is 4. The molecule has 4 heterocycles. The third kappa shape index (κ3) is 2.19. The van der Waals surface area contributed by atoms with Crippen molar-refractivity contribution >= 4 is 28.2 Å². The highest BCUT2D eigenvalue weighted by Gasteiger charge is 2.44. The lowest BCUT2D eigenvalue weighted by Gasteiger charge is -2.17. The fourth-order valence-electron chi connectivity index (χ4n) is 2.97. The fourth-order valence-corrected chi connectivity index (χ4v) is 3.66. The number of aliphatic hydroxyl groups excluding tert-OH is 3. The molecule has 9 nitrogen and oxygen atoms in total. The first-order valence-corrected chi connectivity index (χ1v) is 8.18. The Morgan fingerprint density at radius 3 is 2.83 bits per heavy atom. The van der Waals surface area contributed by atoms with Crippen molar-refractivity contribution in [1.82, 2.24) is 14.5 Å². The first-order valence-electron chi connectivity index (χ1n) is 7.31. The monoisotopic (exact) mass is 350 g/mol. The Kier molecular flexibility index (Phi) is 3.70. The van der Waals surface area contributed by atoms with E-state index in [1.54, 1.807) is 17.0 Å². The van der Waals surface area contributed by atoms with E-state index in [1.807, 2.05) is 5.38 Å². The Bertz CT molecular complexity index is 868. The first-order chi connectivity index (χ1) is 11.6. The van der Waals surface area contributed by atoms with Gasteiger partial charge < -0.3 is 30.4 Å². The molecule has 0 spiro atoms. The topological polar surface area (TPSA) is 141 Å². The van der Waals surface area contributed by atoms with Gasteiger partial charge in [-0.2, -0.15) is 0 Å². The summed E-state index contributed by atoms with van der Waals surface area (Å²) in [4.78, 5) is 11.4. The van der Waals surface area contributed by atoms with E-state index in [4.69, 9.17) is 10.5 Å². The molecule has 24 heavy (non-hydrogen) atoms. The van der Waals surface area contributed by atoms with E-state index in [0.29, 0.717) is 16.9 Å². The molecule has 0 amide bonds. The number of nitrogens with one attached hydrogen (secondary N) is 1. The van der Waals surface area contributed by atoms with E-state index in [0.717, 1.165) is 10.6 Å². The van der Waals surface area contributed by atoms with E-state index >= 15 is 0 Å². The maximum absolute atomic E-state index is 10.3. The summed E-state index contributed by atoms with van der Waals surface area (Å²) in [5.41, 5.74) is 7.28. The van der Waals surface area contributed by atoms with Gasteiger partial charge in [0, 0.05) is 6.20 Å². The number of aliphatic hydroxyl groups is 3. The van der Waals surface area contributed by atoms with Crippen molar-refractivity contribution in [2.45, 2.75) is 24.5 Å². The lowest BCUT2D eigenvalue weighted by molar-refractivity contribution is -0.357. The number of thiazole rings is 1. The van der Waals surface area contributed by atoms with Crippen LogP contribution in [-0.2, 0) is 4.74 Å². The summed E-state index contributed by atoms with van der Waals surface area (Å²) in [6, 6.07) is 0. The van der Waals surface area contributed by atoms with Crippen LogP contribution in [0.25, 0.3) is 21.6 Å². The van der Waals surface area contributed by atoms with Gasteiger partial charge in [0.1, 0.15) is 36.1 Å². The zero-order valence-corrected chi connectivity index (χ0v) is 13.2. The first kappa shape index (κ1) is 15.4. The molecule has 0 radical (unpaired) electrons. The molecule has 1 fully saturated rings. The largest absolute Gasteiger partial charge is 0.394 e. The molecule has 0 aliphatic carbocycles. The van der Waals surface area contributed by atoms with E-state index in [2.05, 4.69) is 15.0 Å². The number of H-pyrrole nitrogens is 1. The number of ether oxygens (including phenoxy) is 1. The molecule has 0 aromatic carbocycles. The van der Waals surface area contributed by atoms with Gasteiger partial charge in [-0.15, -0.1) is 0 Å². The van der Waals surface area contributed by atoms with Crippen molar-refractivity contribution in [2.75, 3.05) is 12.3 Å². The predicted molar refractivity (Wildman–Crippen MR) is 84.8 cm³/mol. The number of hydrogen-bond acceptors (Lipinski definition) is 8. The Hall–Kier alpha value is -2.11. The van der Waals surface area contributed by atoms with Crippen LogP contribution in [0.5, 0.6) is 0 Å². The average Bonchev–Trinajstić information content (AvgIpc) is 3.28. The highest BCUT2D eigenvalue weighted by Crippen LogP contribution is 2.37. The molecule has 0 bridgehead atoms. The number of nitrogens with zero attached hydrogens (tertiary/aromatic N) is 3. The smallest absolute Gasteiger partial charge is 0.269 e. The van der Waals surface area contributed by atoms with Crippen molar-refractivity contribution in [3.05, 3.63) is 24.1 Å². The number of aromatic amines is 1. The number of rotatable bonds is 3. The van der Waals surface area contributed by atoms with Crippen molar-refractivity contribution < 1.29 is 25.0 Å². The van der Waals surface area contributed by atoms with Crippen LogP contribution in [0, 0.1) is 0 Å². The Labute approximate surface area is 140 Å². The predicted octanol–water partition coefficient (Wildman–Crippen LogP) is -0.832. The Morgan fingerprint density at radius 1 is 1.33 bits per heavy atom. The quantitative estimate of drug-likeness (QED) is 0.483. The molecule has 1 aliphatic heterocycles. The summed E-state index contributed by atoms with van der Waals surface area (Å²) >= 11 is 1.49. The summed E-state index contributed by atoms with van der Waals surface area (Å²) < 4.78 is 7.22. The Balaban J connectivity index is 1.90. The van der Waals surface area contributed by atoms with Crippen LogP contribution in [-0.4, -0.2) is 54.8 Å². The molecular weight excluding hydrogens is 334 g/mol. The van der Waals surface area contributed by atoms with Gasteiger partial charge in [-0.1, -0.05) is 11.3 Å². The van der Waals surface area contributed by atoms with Crippen LogP contribution in [0.1, 0.15) is 6.23 Å². The molecule has 3 aromatic rings. The summed E-state index contributed by atoms with van der Waals surface area (Å²) in [5.74, 6) is 0.308. The minimum Gasteiger partial charge on any atom is -0.394 e. The highest BCUT2D eigenvalue weighted by molar-refractivity contribution is 7.12. The van der Waals surface area contributed by atoms with Gasteiger partial charge in [0.25, 0.3) is 5.01 Å². The van der Waals surface area contributed by atoms with E-state index in [9.17, 15) is 15.3 Å². The molecule has 4 atom stereocenters. The normalized spacial score (nSPS) is 27.1. The molecular formula is C14H16N5O4S+. The molecule has 4 rings (SSSR count). The lowest BCUT2D eigenvalue weighted by Crippen LogP contribution is -2.33. The minimum atomic E-state index is -1.20. The summed E-state index contributed by atoms with van der Waals surface area (Å²) in [6.45, 7) is -0.392. The number of nitrogens with two attached hydrogens (primary N) is 1. The van der Waals surface area contributed by atoms with Crippen LogP contribution < -0.4 is 10.7 Å². The van der Waals surface area contributed by atoms with E-state index in [1.165, 1.54) is 17.7 Å². The molecule has 6 N–H and O–H groups in total. The van der Waals surface area contributed by atoms with Gasteiger partial charge in [0.2, 0.25) is 0 Å². The van der Waals surface area contributed by atoms with Crippen LogP contribution in [0.3, 0.4) is 0 Å². The number of fused-ring (bicyclic) bond motifs is 1. The summed E-state index contributed by atoms with van der Waals surface area (Å²) in [7, 11) is 0.